The summed E-state index contributed by atoms with van der Waals surface area (Å²) in [7, 11) is 1.88. The van der Waals surface area contributed by atoms with Gasteiger partial charge >= 0.3 is 5.97 Å². The van der Waals surface area contributed by atoms with Crippen molar-refractivity contribution in [2.45, 2.75) is 37.3 Å². The lowest BCUT2D eigenvalue weighted by molar-refractivity contribution is -0.139. The van der Waals surface area contributed by atoms with Gasteiger partial charge in [0.2, 0.25) is 0 Å². The molecule has 0 amide bonds. The van der Waals surface area contributed by atoms with E-state index >= 15 is 0 Å². The predicted octanol–water partition coefficient (Wildman–Crippen LogP) is 0.547. The Morgan fingerprint density at radius 3 is 2.59 bits per heavy atom. The summed E-state index contributed by atoms with van der Waals surface area (Å²) in [5.74, 6) is 1.25. The van der Waals surface area contributed by atoms with E-state index in [0.29, 0.717) is 5.75 Å². The minimum absolute atomic E-state index is 0.550. The number of aliphatic carboxylic acids is 1. The topological polar surface area (TPSA) is 94.0 Å². The first-order valence-corrected chi connectivity index (χ1v) is 6.21. The molecule has 0 unspecified atom stereocenters. The Kier molecular flexibility index (Phi) is 4.16. The van der Waals surface area contributed by atoms with Crippen LogP contribution >= 0.6 is 11.8 Å². The van der Waals surface area contributed by atoms with Crippen LogP contribution in [0.4, 0.5) is 0 Å². The second-order valence-electron chi connectivity index (χ2n) is 4.43. The number of carboxylic acids is 1. The number of aryl methyl sites for hydroxylation is 1. The van der Waals surface area contributed by atoms with Gasteiger partial charge < -0.3 is 15.4 Å². The Hall–Kier alpha value is -1.08. The molecular weight excluding hydrogens is 240 g/mol. The molecule has 0 saturated heterocycles. The lowest BCUT2D eigenvalue weighted by Gasteiger charge is -2.27. The number of hydrogen-bond acceptors (Lipinski definition) is 5. The van der Waals surface area contributed by atoms with E-state index < -0.39 is 16.8 Å². The molecule has 0 aliphatic rings. The molecule has 1 heterocycles. The fraction of sp³-hybridized carbons (Fsp3) is 0.700. The van der Waals surface area contributed by atoms with Crippen molar-refractivity contribution < 1.29 is 9.90 Å². The molecule has 6 nitrogen and oxygen atoms in total. The summed E-state index contributed by atoms with van der Waals surface area (Å²) in [6.45, 7) is 5.51. The molecule has 1 aromatic heterocycles. The molecule has 0 aromatic carbocycles. The average Bonchev–Trinajstić information content (AvgIpc) is 2.56. The second-order valence-corrected chi connectivity index (χ2v) is 6.06. The van der Waals surface area contributed by atoms with Crippen molar-refractivity contribution in [3.8, 4) is 0 Å². The quantitative estimate of drug-likeness (QED) is 0.801. The van der Waals surface area contributed by atoms with Crippen LogP contribution in [0.3, 0.4) is 0 Å². The monoisotopic (exact) mass is 258 g/mol. The Bertz CT molecular complexity index is 416. The van der Waals surface area contributed by atoms with Crippen LogP contribution in [0, 0.1) is 6.92 Å². The highest BCUT2D eigenvalue weighted by Gasteiger charge is 2.32. The fourth-order valence-corrected chi connectivity index (χ4v) is 2.25. The summed E-state index contributed by atoms with van der Waals surface area (Å²) < 4.78 is 1.33. The molecule has 1 rings (SSSR count). The van der Waals surface area contributed by atoms with Crippen LogP contribution < -0.4 is 5.73 Å². The zero-order valence-corrected chi connectivity index (χ0v) is 11.3. The van der Waals surface area contributed by atoms with Gasteiger partial charge in [-0.15, -0.1) is 22.0 Å². The highest BCUT2D eigenvalue weighted by molar-refractivity contribution is 7.99. The van der Waals surface area contributed by atoms with Crippen LogP contribution in [0.1, 0.15) is 25.5 Å². The summed E-state index contributed by atoms with van der Waals surface area (Å²) in [4.78, 5) is 10.9. The number of nitrogens with zero attached hydrogens (tertiary/aromatic N) is 3. The molecule has 7 heteroatoms. The molecule has 1 aromatic rings. The number of hydrogen-bond donors (Lipinski definition) is 2. The summed E-state index contributed by atoms with van der Waals surface area (Å²) in [6, 6.07) is -0.901. The SMILES string of the molecule is Cc1nnc(CSC(C)(C)[C@@H](N)C(=O)O)n1C. The first kappa shape index (κ1) is 14.0. The zero-order valence-electron chi connectivity index (χ0n) is 10.5. The molecule has 17 heavy (non-hydrogen) atoms. The van der Waals surface area contributed by atoms with E-state index in [1.54, 1.807) is 0 Å². The van der Waals surface area contributed by atoms with Crippen molar-refractivity contribution in [2.24, 2.45) is 12.8 Å². The van der Waals surface area contributed by atoms with Gasteiger partial charge in [-0.05, 0) is 20.8 Å². The van der Waals surface area contributed by atoms with Gasteiger partial charge in [0, 0.05) is 11.8 Å². The van der Waals surface area contributed by atoms with Gasteiger partial charge in [-0.2, -0.15) is 0 Å². The largest absolute Gasteiger partial charge is 0.480 e. The van der Waals surface area contributed by atoms with E-state index in [4.69, 9.17) is 10.8 Å². The van der Waals surface area contributed by atoms with E-state index in [1.807, 2.05) is 32.4 Å². The Morgan fingerprint density at radius 2 is 2.18 bits per heavy atom. The molecule has 0 radical (unpaired) electrons. The van der Waals surface area contributed by atoms with Crippen LogP contribution in [0.25, 0.3) is 0 Å². The highest BCUT2D eigenvalue weighted by Crippen LogP contribution is 2.30. The number of carboxylic acid groups (broad SMARTS) is 1. The maximum absolute atomic E-state index is 10.9. The smallest absolute Gasteiger partial charge is 0.321 e. The van der Waals surface area contributed by atoms with Crippen LogP contribution in [0.2, 0.25) is 0 Å². The third kappa shape index (κ3) is 3.19. The molecule has 0 bridgehead atoms. The first-order chi connectivity index (χ1) is 7.75. The molecule has 0 aliphatic heterocycles. The molecule has 3 N–H and O–H groups in total. The number of rotatable bonds is 5. The van der Waals surface area contributed by atoms with E-state index in [9.17, 15) is 4.79 Å². The second kappa shape index (κ2) is 5.05. The van der Waals surface area contributed by atoms with Crippen molar-refractivity contribution in [3.05, 3.63) is 11.6 Å². The molecule has 0 spiro atoms. The lowest BCUT2D eigenvalue weighted by atomic mass is 10.1. The fourth-order valence-electron chi connectivity index (χ4n) is 1.21. The maximum Gasteiger partial charge on any atom is 0.321 e. The number of carbonyl (C=O) groups is 1. The number of thioether (sulfide) groups is 1. The van der Waals surface area contributed by atoms with Crippen LogP contribution in [0.5, 0.6) is 0 Å². The summed E-state index contributed by atoms with van der Waals surface area (Å²) in [5, 5.41) is 16.9. The van der Waals surface area contributed by atoms with E-state index in [2.05, 4.69) is 10.2 Å². The Balaban J connectivity index is 2.67. The van der Waals surface area contributed by atoms with Gasteiger partial charge in [0.05, 0.1) is 5.75 Å². The zero-order chi connectivity index (χ0) is 13.2. The van der Waals surface area contributed by atoms with Crippen LogP contribution in [0.15, 0.2) is 0 Å². The Morgan fingerprint density at radius 1 is 1.59 bits per heavy atom. The molecule has 1 atom stereocenters. The molecule has 0 fully saturated rings. The normalized spacial score (nSPS) is 13.7. The van der Waals surface area contributed by atoms with Crippen molar-refractivity contribution in [1.29, 1.82) is 0 Å². The Labute approximate surface area is 105 Å². The third-order valence-corrected chi connectivity index (χ3v) is 4.17. The minimum atomic E-state index is -0.989. The molecule has 0 aliphatic carbocycles. The van der Waals surface area contributed by atoms with Crippen molar-refractivity contribution in [2.75, 3.05) is 0 Å². The number of nitrogens with two attached hydrogens (primary N) is 1. The molecular formula is C10H18N4O2S. The van der Waals surface area contributed by atoms with E-state index in [0.717, 1.165) is 11.6 Å². The van der Waals surface area contributed by atoms with Crippen molar-refractivity contribution in [3.63, 3.8) is 0 Å². The lowest BCUT2D eigenvalue weighted by Crippen LogP contribution is -2.46. The maximum atomic E-state index is 10.9. The third-order valence-electron chi connectivity index (χ3n) is 2.77. The van der Waals surface area contributed by atoms with E-state index in [1.165, 1.54) is 11.8 Å². The van der Waals surface area contributed by atoms with Crippen LogP contribution in [-0.4, -0.2) is 36.6 Å². The van der Waals surface area contributed by atoms with Gasteiger partial charge in [0.15, 0.2) is 0 Å². The van der Waals surface area contributed by atoms with Gasteiger partial charge in [0.1, 0.15) is 17.7 Å². The van der Waals surface area contributed by atoms with E-state index in [-0.39, 0.29) is 0 Å². The van der Waals surface area contributed by atoms with Gasteiger partial charge in [-0.1, -0.05) is 0 Å². The molecule has 0 saturated carbocycles. The summed E-state index contributed by atoms with van der Waals surface area (Å²) in [5.41, 5.74) is 5.64. The van der Waals surface area contributed by atoms with Gasteiger partial charge in [-0.3, -0.25) is 4.79 Å². The first-order valence-electron chi connectivity index (χ1n) is 5.23. The minimum Gasteiger partial charge on any atom is -0.480 e. The standard InChI is InChI=1S/C10H18N4O2S/c1-6-12-13-7(14(6)4)5-17-10(2,3)8(11)9(15)16/h8H,5,11H2,1-4H3,(H,15,16)/t8-/m0/s1. The van der Waals surface area contributed by atoms with Crippen molar-refractivity contribution >= 4 is 17.7 Å². The highest BCUT2D eigenvalue weighted by atomic mass is 32.2. The predicted molar refractivity (Wildman–Crippen MR) is 66.7 cm³/mol. The average molecular weight is 258 g/mol. The van der Waals surface area contributed by atoms with Crippen molar-refractivity contribution in [1.82, 2.24) is 14.8 Å². The molecule has 96 valence electrons. The van der Waals surface area contributed by atoms with Gasteiger partial charge in [0.25, 0.3) is 0 Å². The van der Waals surface area contributed by atoms with Crippen LogP contribution in [-0.2, 0) is 17.6 Å². The summed E-state index contributed by atoms with van der Waals surface area (Å²) >= 11 is 1.47. The summed E-state index contributed by atoms with van der Waals surface area (Å²) in [6.07, 6.45) is 0. The van der Waals surface area contributed by atoms with Gasteiger partial charge in [-0.25, -0.2) is 0 Å². The number of aromatic nitrogens is 3.